The van der Waals surface area contributed by atoms with Gasteiger partial charge in [-0.2, -0.15) is 0 Å². The highest BCUT2D eigenvalue weighted by atomic mass is 79.9. The molecule has 2 aromatic rings. The maximum absolute atomic E-state index is 13.5. The van der Waals surface area contributed by atoms with Crippen LogP contribution in [0, 0.1) is 5.82 Å². The van der Waals surface area contributed by atoms with Crippen molar-refractivity contribution >= 4 is 21.6 Å². The highest BCUT2D eigenvalue weighted by Gasteiger charge is 2.03. The summed E-state index contributed by atoms with van der Waals surface area (Å²) in [5.41, 5.74) is 6.36. The Kier molecular flexibility index (Phi) is 3.64. The molecule has 0 aliphatic rings. The van der Waals surface area contributed by atoms with Crippen LogP contribution in [0.1, 0.15) is 5.56 Å². The number of rotatable bonds is 3. The molecule has 0 bridgehead atoms. The molecular formula is C13H11BrFNO. The van der Waals surface area contributed by atoms with Gasteiger partial charge in [0.2, 0.25) is 0 Å². The summed E-state index contributed by atoms with van der Waals surface area (Å²) in [4.78, 5) is 0. The van der Waals surface area contributed by atoms with Crippen LogP contribution >= 0.6 is 15.9 Å². The van der Waals surface area contributed by atoms with Crippen LogP contribution in [0.15, 0.2) is 46.9 Å². The molecule has 0 unspecified atom stereocenters. The molecule has 0 amide bonds. The zero-order valence-electron chi connectivity index (χ0n) is 8.99. The SMILES string of the molecule is Nc1ccc(COc2cccc(Br)c2)c(F)c1. The van der Waals surface area contributed by atoms with Gasteiger partial charge in [0.25, 0.3) is 0 Å². The first-order valence-electron chi connectivity index (χ1n) is 5.07. The quantitative estimate of drug-likeness (QED) is 0.875. The normalized spacial score (nSPS) is 10.2. The molecule has 4 heteroatoms. The molecule has 0 saturated heterocycles. The van der Waals surface area contributed by atoms with E-state index in [4.69, 9.17) is 10.5 Å². The average molecular weight is 296 g/mol. The van der Waals surface area contributed by atoms with Gasteiger partial charge in [-0.1, -0.05) is 28.1 Å². The van der Waals surface area contributed by atoms with Gasteiger partial charge in [-0.3, -0.25) is 0 Å². The maximum atomic E-state index is 13.5. The number of ether oxygens (including phenoxy) is 1. The van der Waals surface area contributed by atoms with Crippen molar-refractivity contribution < 1.29 is 9.13 Å². The van der Waals surface area contributed by atoms with E-state index < -0.39 is 0 Å². The second-order valence-electron chi connectivity index (χ2n) is 3.60. The Bertz CT molecular complexity index is 531. The first-order chi connectivity index (χ1) is 8.15. The molecule has 2 nitrogen and oxygen atoms in total. The molecule has 0 heterocycles. The van der Waals surface area contributed by atoms with Crippen LogP contribution in [0.4, 0.5) is 10.1 Å². The lowest BCUT2D eigenvalue weighted by Gasteiger charge is -2.07. The van der Waals surface area contributed by atoms with Crippen molar-refractivity contribution in [1.82, 2.24) is 0 Å². The van der Waals surface area contributed by atoms with E-state index in [9.17, 15) is 4.39 Å². The van der Waals surface area contributed by atoms with Crippen molar-refractivity contribution in [3.63, 3.8) is 0 Å². The van der Waals surface area contributed by atoms with Crippen LogP contribution < -0.4 is 10.5 Å². The van der Waals surface area contributed by atoms with E-state index in [-0.39, 0.29) is 12.4 Å². The Morgan fingerprint density at radius 1 is 1.18 bits per heavy atom. The van der Waals surface area contributed by atoms with Crippen molar-refractivity contribution in [2.24, 2.45) is 0 Å². The first kappa shape index (κ1) is 11.9. The Morgan fingerprint density at radius 2 is 2.00 bits per heavy atom. The molecular weight excluding hydrogens is 285 g/mol. The highest BCUT2D eigenvalue weighted by molar-refractivity contribution is 9.10. The largest absolute Gasteiger partial charge is 0.489 e. The van der Waals surface area contributed by atoms with Crippen LogP contribution in [0.25, 0.3) is 0 Å². The number of nitrogens with two attached hydrogens (primary N) is 1. The predicted octanol–water partition coefficient (Wildman–Crippen LogP) is 3.75. The second kappa shape index (κ2) is 5.19. The molecule has 0 radical (unpaired) electrons. The van der Waals surface area contributed by atoms with Crippen LogP contribution in [0.3, 0.4) is 0 Å². The van der Waals surface area contributed by atoms with Gasteiger partial charge in [0.05, 0.1) is 0 Å². The summed E-state index contributed by atoms with van der Waals surface area (Å²) in [5.74, 6) is 0.343. The van der Waals surface area contributed by atoms with E-state index in [1.54, 1.807) is 12.1 Å². The van der Waals surface area contributed by atoms with Crippen LogP contribution in [-0.2, 0) is 6.61 Å². The molecule has 2 rings (SSSR count). The Hall–Kier alpha value is -1.55. The van der Waals surface area contributed by atoms with Crippen LogP contribution in [0.2, 0.25) is 0 Å². The number of anilines is 1. The molecule has 0 aromatic heterocycles. The molecule has 0 fully saturated rings. The van der Waals surface area contributed by atoms with Gasteiger partial charge in [0.15, 0.2) is 0 Å². The molecule has 0 saturated carbocycles. The van der Waals surface area contributed by atoms with Crippen molar-refractivity contribution in [3.8, 4) is 5.75 Å². The summed E-state index contributed by atoms with van der Waals surface area (Å²) < 4.78 is 19.9. The minimum atomic E-state index is -0.347. The average Bonchev–Trinajstić information content (AvgIpc) is 2.28. The number of benzene rings is 2. The molecule has 2 N–H and O–H groups in total. The fraction of sp³-hybridized carbons (Fsp3) is 0.0769. The van der Waals surface area contributed by atoms with E-state index in [0.717, 1.165) is 4.47 Å². The van der Waals surface area contributed by atoms with Gasteiger partial charge in [0, 0.05) is 15.7 Å². The summed E-state index contributed by atoms with van der Waals surface area (Å²) in [7, 11) is 0. The maximum Gasteiger partial charge on any atom is 0.131 e. The minimum Gasteiger partial charge on any atom is -0.489 e. The number of nitrogen functional groups attached to an aromatic ring is 1. The summed E-state index contributed by atoms with van der Waals surface area (Å²) >= 11 is 3.34. The molecule has 17 heavy (non-hydrogen) atoms. The summed E-state index contributed by atoms with van der Waals surface area (Å²) in [6.07, 6.45) is 0. The third-order valence-corrected chi connectivity index (χ3v) is 2.76. The lowest BCUT2D eigenvalue weighted by molar-refractivity contribution is 0.299. The predicted molar refractivity (Wildman–Crippen MR) is 69.3 cm³/mol. The fourth-order valence-electron chi connectivity index (χ4n) is 1.40. The third-order valence-electron chi connectivity index (χ3n) is 2.27. The molecule has 0 aliphatic carbocycles. The van der Waals surface area contributed by atoms with E-state index in [1.165, 1.54) is 6.07 Å². The Labute approximate surface area is 107 Å². The first-order valence-corrected chi connectivity index (χ1v) is 5.87. The lowest BCUT2D eigenvalue weighted by Crippen LogP contribution is -1.99. The van der Waals surface area contributed by atoms with E-state index >= 15 is 0 Å². The third kappa shape index (κ3) is 3.20. The van der Waals surface area contributed by atoms with Gasteiger partial charge >= 0.3 is 0 Å². The Balaban J connectivity index is 2.07. The summed E-state index contributed by atoms with van der Waals surface area (Å²) in [6.45, 7) is 0.183. The standard InChI is InChI=1S/C13H11BrFNO/c14-10-2-1-3-12(6-10)17-8-9-4-5-11(16)7-13(9)15/h1-7H,8,16H2. The zero-order chi connectivity index (χ0) is 12.3. The number of hydrogen-bond acceptors (Lipinski definition) is 2. The van der Waals surface area contributed by atoms with E-state index in [0.29, 0.717) is 17.0 Å². The van der Waals surface area contributed by atoms with Gasteiger partial charge in [0.1, 0.15) is 18.2 Å². The van der Waals surface area contributed by atoms with E-state index in [2.05, 4.69) is 15.9 Å². The Morgan fingerprint density at radius 3 is 2.71 bits per heavy atom. The van der Waals surface area contributed by atoms with Gasteiger partial charge in [-0.25, -0.2) is 4.39 Å². The molecule has 0 aliphatic heterocycles. The van der Waals surface area contributed by atoms with Gasteiger partial charge < -0.3 is 10.5 Å². The zero-order valence-corrected chi connectivity index (χ0v) is 10.6. The lowest BCUT2D eigenvalue weighted by atomic mass is 10.2. The smallest absolute Gasteiger partial charge is 0.131 e. The highest BCUT2D eigenvalue weighted by Crippen LogP contribution is 2.20. The van der Waals surface area contributed by atoms with Crippen molar-refractivity contribution in [2.45, 2.75) is 6.61 Å². The van der Waals surface area contributed by atoms with Gasteiger partial charge in [-0.05, 0) is 30.3 Å². The minimum absolute atomic E-state index is 0.183. The molecule has 0 spiro atoms. The summed E-state index contributed by atoms with van der Waals surface area (Å²) in [6, 6.07) is 12.0. The second-order valence-corrected chi connectivity index (χ2v) is 4.51. The van der Waals surface area contributed by atoms with Crippen LogP contribution in [-0.4, -0.2) is 0 Å². The topological polar surface area (TPSA) is 35.2 Å². The van der Waals surface area contributed by atoms with Crippen molar-refractivity contribution in [3.05, 3.63) is 58.3 Å². The van der Waals surface area contributed by atoms with Crippen molar-refractivity contribution in [1.29, 1.82) is 0 Å². The number of hydrogen-bond donors (Lipinski definition) is 1. The monoisotopic (exact) mass is 295 g/mol. The van der Waals surface area contributed by atoms with Gasteiger partial charge in [-0.15, -0.1) is 0 Å². The van der Waals surface area contributed by atoms with Crippen molar-refractivity contribution in [2.75, 3.05) is 5.73 Å². The van der Waals surface area contributed by atoms with Crippen LogP contribution in [0.5, 0.6) is 5.75 Å². The molecule has 0 atom stereocenters. The summed E-state index contributed by atoms with van der Waals surface area (Å²) in [5, 5.41) is 0. The number of halogens is 2. The fourth-order valence-corrected chi connectivity index (χ4v) is 1.78. The molecule has 2 aromatic carbocycles. The van der Waals surface area contributed by atoms with E-state index in [1.807, 2.05) is 24.3 Å². The molecule has 88 valence electrons.